The molecule has 1 aromatic rings. The second kappa shape index (κ2) is 3.26. The lowest BCUT2D eigenvalue weighted by molar-refractivity contribution is 0.269. The van der Waals surface area contributed by atoms with Crippen molar-refractivity contribution in [2.24, 2.45) is 5.73 Å². The monoisotopic (exact) mass is 178 g/mol. The first-order valence-electron chi connectivity index (χ1n) is 4.51. The summed E-state index contributed by atoms with van der Waals surface area (Å²) in [5.74, 6) is 0.922. The predicted molar refractivity (Wildman–Crippen MR) is 53.0 cm³/mol. The van der Waals surface area contributed by atoms with E-state index in [4.69, 9.17) is 10.5 Å². The molecular formula is C10H14N2O. The van der Waals surface area contributed by atoms with E-state index in [-0.39, 0.29) is 6.04 Å². The van der Waals surface area contributed by atoms with Gasteiger partial charge in [0.25, 0.3) is 0 Å². The molecule has 3 heteroatoms. The van der Waals surface area contributed by atoms with Gasteiger partial charge in [0.15, 0.2) is 0 Å². The van der Waals surface area contributed by atoms with Gasteiger partial charge in [0.05, 0.1) is 6.61 Å². The maximum absolute atomic E-state index is 5.94. The molecule has 1 atom stereocenters. The van der Waals surface area contributed by atoms with Crippen LogP contribution in [0.3, 0.4) is 0 Å². The summed E-state index contributed by atoms with van der Waals surface area (Å²) in [5.41, 5.74) is 8.12. The lowest BCUT2D eigenvalue weighted by atomic mass is 10.0. The summed E-state index contributed by atoms with van der Waals surface area (Å²) in [7, 11) is 1.89. The minimum Gasteiger partial charge on any atom is -0.493 e. The fourth-order valence-electron chi connectivity index (χ4n) is 1.57. The molecule has 1 aliphatic rings. The number of nitrogens with one attached hydrogen (secondary N) is 1. The molecule has 0 radical (unpaired) electrons. The molecule has 1 heterocycles. The van der Waals surface area contributed by atoms with Crippen LogP contribution in [0.5, 0.6) is 5.75 Å². The van der Waals surface area contributed by atoms with Gasteiger partial charge < -0.3 is 15.8 Å². The third-order valence-electron chi connectivity index (χ3n) is 2.39. The number of nitrogens with two attached hydrogens (primary N) is 1. The number of benzene rings is 1. The van der Waals surface area contributed by atoms with E-state index in [1.165, 1.54) is 0 Å². The van der Waals surface area contributed by atoms with E-state index in [1.807, 2.05) is 25.2 Å². The molecule has 2 rings (SSSR count). The smallest absolute Gasteiger partial charge is 0.126 e. The number of fused-ring (bicyclic) bond motifs is 1. The highest BCUT2D eigenvalue weighted by Crippen LogP contribution is 2.32. The first kappa shape index (κ1) is 8.38. The van der Waals surface area contributed by atoms with Gasteiger partial charge in [-0.15, -0.1) is 0 Å². The van der Waals surface area contributed by atoms with Gasteiger partial charge in [-0.25, -0.2) is 0 Å². The third-order valence-corrected chi connectivity index (χ3v) is 2.39. The average Bonchev–Trinajstić information content (AvgIpc) is 2.18. The van der Waals surface area contributed by atoms with Crippen LogP contribution in [0, 0.1) is 0 Å². The summed E-state index contributed by atoms with van der Waals surface area (Å²) < 4.78 is 5.52. The molecule has 0 saturated carbocycles. The van der Waals surface area contributed by atoms with Gasteiger partial charge in [0, 0.05) is 36.8 Å². The predicted octanol–water partition coefficient (Wildman–Crippen LogP) is 1.51. The highest BCUT2D eigenvalue weighted by atomic mass is 16.5. The van der Waals surface area contributed by atoms with E-state index in [1.54, 1.807) is 0 Å². The van der Waals surface area contributed by atoms with Crippen molar-refractivity contribution in [2.75, 3.05) is 19.0 Å². The normalized spacial score (nSPS) is 20.3. The highest BCUT2D eigenvalue weighted by molar-refractivity contribution is 5.52. The number of hydrogen-bond donors (Lipinski definition) is 2. The van der Waals surface area contributed by atoms with Crippen LogP contribution in [0.2, 0.25) is 0 Å². The molecular weight excluding hydrogens is 164 g/mol. The second-order valence-electron chi connectivity index (χ2n) is 3.25. The Morgan fingerprint density at radius 2 is 2.38 bits per heavy atom. The van der Waals surface area contributed by atoms with E-state index < -0.39 is 0 Å². The van der Waals surface area contributed by atoms with Crippen LogP contribution >= 0.6 is 0 Å². The summed E-state index contributed by atoms with van der Waals surface area (Å²) in [5, 5.41) is 3.07. The standard InChI is InChI=1S/C10H14N2O/c1-12-7-2-3-8-9(11)4-5-13-10(8)6-7/h2-3,6,9,12H,4-5,11H2,1H3/t9-/m1/s1. The summed E-state index contributed by atoms with van der Waals surface area (Å²) in [6.45, 7) is 0.724. The van der Waals surface area contributed by atoms with Gasteiger partial charge in [-0.05, 0) is 6.07 Å². The lowest BCUT2D eigenvalue weighted by Gasteiger charge is -2.23. The van der Waals surface area contributed by atoms with Crippen molar-refractivity contribution >= 4 is 5.69 Å². The van der Waals surface area contributed by atoms with E-state index in [9.17, 15) is 0 Å². The molecule has 0 spiro atoms. The van der Waals surface area contributed by atoms with Crippen LogP contribution in [0.1, 0.15) is 18.0 Å². The van der Waals surface area contributed by atoms with Crippen molar-refractivity contribution in [1.82, 2.24) is 0 Å². The maximum Gasteiger partial charge on any atom is 0.126 e. The summed E-state index contributed by atoms with van der Waals surface area (Å²) in [4.78, 5) is 0. The Balaban J connectivity index is 2.39. The molecule has 0 saturated heterocycles. The van der Waals surface area contributed by atoms with Crippen LogP contribution in [0.25, 0.3) is 0 Å². The van der Waals surface area contributed by atoms with Crippen LogP contribution in [0.4, 0.5) is 5.69 Å². The molecule has 1 aromatic carbocycles. The largest absolute Gasteiger partial charge is 0.493 e. The Labute approximate surface area is 77.9 Å². The fourth-order valence-corrected chi connectivity index (χ4v) is 1.57. The second-order valence-corrected chi connectivity index (χ2v) is 3.25. The van der Waals surface area contributed by atoms with Gasteiger partial charge >= 0.3 is 0 Å². The first-order valence-corrected chi connectivity index (χ1v) is 4.51. The molecule has 3 nitrogen and oxygen atoms in total. The Hall–Kier alpha value is -1.22. The molecule has 0 bridgehead atoms. The molecule has 0 fully saturated rings. The zero-order valence-corrected chi connectivity index (χ0v) is 7.71. The SMILES string of the molecule is CNc1ccc2c(c1)OCC[C@H]2N. The molecule has 0 aliphatic carbocycles. The van der Waals surface area contributed by atoms with Crippen LogP contribution in [-0.2, 0) is 0 Å². The lowest BCUT2D eigenvalue weighted by Crippen LogP contribution is -2.20. The van der Waals surface area contributed by atoms with Gasteiger partial charge in [0.1, 0.15) is 5.75 Å². The minimum absolute atomic E-state index is 0.134. The van der Waals surface area contributed by atoms with E-state index >= 15 is 0 Å². The maximum atomic E-state index is 5.94. The summed E-state index contributed by atoms with van der Waals surface area (Å²) in [6, 6.07) is 6.18. The Morgan fingerprint density at radius 1 is 1.54 bits per heavy atom. The van der Waals surface area contributed by atoms with E-state index in [2.05, 4.69) is 5.32 Å². The number of anilines is 1. The number of ether oxygens (including phenoxy) is 1. The molecule has 13 heavy (non-hydrogen) atoms. The van der Waals surface area contributed by atoms with E-state index in [0.717, 1.165) is 30.0 Å². The topological polar surface area (TPSA) is 47.3 Å². The van der Waals surface area contributed by atoms with Gasteiger partial charge in [-0.2, -0.15) is 0 Å². The molecule has 1 aliphatic heterocycles. The molecule has 0 unspecified atom stereocenters. The number of rotatable bonds is 1. The van der Waals surface area contributed by atoms with E-state index in [0.29, 0.717) is 0 Å². The van der Waals surface area contributed by atoms with Crippen LogP contribution < -0.4 is 15.8 Å². The zero-order valence-electron chi connectivity index (χ0n) is 7.71. The average molecular weight is 178 g/mol. The molecule has 0 amide bonds. The Morgan fingerprint density at radius 3 is 3.15 bits per heavy atom. The molecule has 70 valence electrons. The first-order chi connectivity index (χ1) is 6.31. The van der Waals surface area contributed by atoms with Crippen molar-refractivity contribution in [3.05, 3.63) is 23.8 Å². The van der Waals surface area contributed by atoms with Crippen molar-refractivity contribution < 1.29 is 4.74 Å². The summed E-state index contributed by atoms with van der Waals surface area (Å²) >= 11 is 0. The minimum atomic E-state index is 0.134. The fraction of sp³-hybridized carbons (Fsp3) is 0.400. The Kier molecular flexibility index (Phi) is 2.10. The van der Waals surface area contributed by atoms with Crippen LogP contribution in [-0.4, -0.2) is 13.7 Å². The van der Waals surface area contributed by atoms with Crippen molar-refractivity contribution in [1.29, 1.82) is 0 Å². The molecule has 0 aromatic heterocycles. The van der Waals surface area contributed by atoms with Gasteiger partial charge in [-0.3, -0.25) is 0 Å². The quantitative estimate of drug-likeness (QED) is 0.685. The molecule has 3 N–H and O–H groups in total. The zero-order chi connectivity index (χ0) is 9.26. The Bertz CT molecular complexity index is 312. The van der Waals surface area contributed by atoms with Crippen molar-refractivity contribution in [2.45, 2.75) is 12.5 Å². The van der Waals surface area contributed by atoms with Gasteiger partial charge in [-0.1, -0.05) is 6.07 Å². The van der Waals surface area contributed by atoms with Crippen LogP contribution in [0.15, 0.2) is 18.2 Å². The highest BCUT2D eigenvalue weighted by Gasteiger charge is 2.17. The van der Waals surface area contributed by atoms with Gasteiger partial charge in [0.2, 0.25) is 0 Å². The number of hydrogen-bond acceptors (Lipinski definition) is 3. The third kappa shape index (κ3) is 1.47. The summed E-state index contributed by atoms with van der Waals surface area (Å²) in [6.07, 6.45) is 0.909. The van der Waals surface area contributed by atoms with Crippen molar-refractivity contribution in [3.63, 3.8) is 0 Å². The van der Waals surface area contributed by atoms with Crippen molar-refractivity contribution in [3.8, 4) is 5.75 Å².